The van der Waals surface area contributed by atoms with Crippen molar-refractivity contribution in [3.05, 3.63) is 42.5 Å². The Morgan fingerprint density at radius 3 is 2.79 bits per heavy atom. The molecular formula is C16H19N3. The number of benzene rings is 2. The van der Waals surface area contributed by atoms with Crippen LogP contribution in [0.4, 0.5) is 5.69 Å². The third-order valence-electron chi connectivity index (χ3n) is 3.57. The van der Waals surface area contributed by atoms with Crippen molar-refractivity contribution in [2.24, 2.45) is 4.99 Å². The average Bonchev–Trinajstić information content (AvgIpc) is 2.97. The number of hydrogen-bond acceptors (Lipinski definition) is 3. The van der Waals surface area contributed by atoms with Gasteiger partial charge >= 0.3 is 0 Å². The van der Waals surface area contributed by atoms with Crippen molar-refractivity contribution in [3.8, 4) is 0 Å². The van der Waals surface area contributed by atoms with E-state index >= 15 is 0 Å². The first-order valence-electron chi connectivity index (χ1n) is 6.88. The number of anilines is 1. The Hall–Kier alpha value is -2.03. The number of likely N-dealkylation sites (N-methyl/N-ethyl adjacent to an activating group) is 1. The molecule has 3 heteroatoms. The van der Waals surface area contributed by atoms with Crippen LogP contribution in [-0.2, 0) is 0 Å². The predicted octanol–water partition coefficient (Wildman–Crippen LogP) is 2.67. The summed E-state index contributed by atoms with van der Waals surface area (Å²) in [7, 11) is 0. The van der Waals surface area contributed by atoms with E-state index in [0.29, 0.717) is 0 Å². The molecule has 0 spiro atoms. The second kappa shape index (κ2) is 5.31. The smallest absolute Gasteiger partial charge is 0.116 e. The number of hydrogen-bond donors (Lipinski definition) is 1. The highest BCUT2D eigenvalue weighted by Crippen LogP contribution is 2.26. The van der Waals surface area contributed by atoms with Crippen molar-refractivity contribution >= 4 is 22.3 Å². The molecule has 1 aliphatic rings. The van der Waals surface area contributed by atoms with Crippen molar-refractivity contribution in [2.45, 2.75) is 6.92 Å². The van der Waals surface area contributed by atoms with Gasteiger partial charge in [0.15, 0.2) is 0 Å². The third-order valence-corrected chi connectivity index (χ3v) is 3.57. The minimum atomic E-state index is 0.866. The van der Waals surface area contributed by atoms with Gasteiger partial charge in [0.1, 0.15) is 5.84 Å². The molecule has 0 amide bonds. The minimum Gasteiger partial charge on any atom is -0.370 e. The van der Waals surface area contributed by atoms with Gasteiger partial charge in [-0.05, 0) is 18.4 Å². The first-order chi connectivity index (χ1) is 9.38. The molecule has 0 fully saturated rings. The van der Waals surface area contributed by atoms with Crippen LogP contribution < -0.4 is 10.2 Å². The molecule has 1 heterocycles. The maximum Gasteiger partial charge on any atom is 0.116 e. The van der Waals surface area contributed by atoms with Crippen LogP contribution in [0.1, 0.15) is 6.92 Å². The Morgan fingerprint density at radius 2 is 2.00 bits per heavy atom. The lowest BCUT2D eigenvalue weighted by Gasteiger charge is -2.24. The maximum atomic E-state index is 4.49. The molecule has 0 saturated heterocycles. The number of nitrogens with zero attached hydrogens (tertiary/aromatic N) is 2. The van der Waals surface area contributed by atoms with Gasteiger partial charge in [0.05, 0.1) is 13.1 Å². The Bertz CT molecular complexity index is 598. The van der Waals surface area contributed by atoms with Crippen LogP contribution in [0, 0.1) is 0 Å². The van der Waals surface area contributed by atoms with Crippen LogP contribution in [0.5, 0.6) is 0 Å². The van der Waals surface area contributed by atoms with Gasteiger partial charge in [-0.1, -0.05) is 36.4 Å². The van der Waals surface area contributed by atoms with Gasteiger partial charge in [0.25, 0.3) is 0 Å². The molecule has 0 atom stereocenters. The van der Waals surface area contributed by atoms with E-state index in [1.165, 1.54) is 16.5 Å². The standard InChI is InChI=1S/C16H19N3/c1-2-19(12-16-17-10-11-18-16)15-9-5-7-13-6-3-4-8-14(13)15/h3-9H,2,10-12H2,1H3,(H,17,18). The van der Waals surface area contributed by atoms with Crippen LogP contribution in [-0.4, -0.2) is 32.0 Å². The van der Waals surface area contributed by atoms with E-state index < -0.39 is 0 Å². The molecule has 0 aromatic heterocycles. The molecule has 0 bridgehead atoms. The molecular weight excluding hydrogens is 234 g/mol. The van der Waals surface area contributed by atoms with Crippen molar-refractivity contribution < 1.29 is 0 Å². The molecule has 0 unspecified atom stereocenters. The molecule has 98 valence electrons. The van der Waals surface area contributed by atoms with Gasteiger partial charge in [-0.15, -0.1) is 0 Å². The van der Waals surface area contributed by atoms with Crippen LogP contribution in [0.3, 0.4) is 0 Å². The first kappa shape index (κ1) is 12.0. The molecule has 1 N–H and O–H groups in total. The fourth-order valence-corrected chi connectivity index (χ4v) is 2.59. The van der Waals surface area contributed by atoms with Crippen molar-refractivity contribution in [2.75, 3.05) is 31.1 Å². The SMILES string of the molecule is CCN(CC1=NCCN1)c1cccc2ccccc12. The van der Waals surface area contributed by atoms with Crippen molar-refractivity contribution in [1.29, 1.82) is 0 Å². The highest BCUT2D eigenvalue weighted by atomic mass is 15.2. The van der Waals surface area contributed by atoms with E-state index in [9.17, 15) is 0 Å². The van der Waals surface area contributed by atoms with E-state index in [0.717, 1.165) is 32.0 Å². The zero-order valence-corrected chi connectivity index (χ0v) is 11.3. The molecule has 1 aliphatic heterocycles. The minimum absolute atomic E-state index is 0.866. The van der Waals surface area contributed by atoms with Crippen LogP contribution in [0.2, 0.25) is 0 Å². The molecule has 0 radical (unpaired) electrons. The van der Waals surface area contributed by atoms with E-state index in [1.54, 1.807) is 0 Å². The monoisotopic (exact) mass is 253 g/mol. The topological polar surface area (TPSA) is 27.6 Å². The predicted molar refractivity (Wildman–Crippen MR) is 82.1 cm³/mol. The summed E-state index contributed by atoms with van der Waals surface area (Å²) < 4.78 is 0. The summed E-state index contributed by atoms with van der Waals surface area (Å²) in [6.45, 7) is 5.92. The van der Waals surface area contributed by atoms with Gasteiger partial charge < -0.3 is 10.2 Å². The Balaban J connectivity index is 1.96. The van der Waals surface area contributed by atoms with Crippen LogP contribution >= 0.6 is 0 Å². The molecule has 3 nitrogen and oxygen atoms in total. The number of fused-ring (bicyclic) bond motifs is 1. The Labute approximate surface area is 114 Å². The summed E-state index contributed by atoms with van der Waals surface area (Å²) in [6.07, 6.45) is 0. The maximum absolute atomic E-state index is 4.49. The van der Waals surface area contributed by atoms with E-state index in [1.807, 2.05) is 0 Å². The lowest BCUT2D eigenvalue weighted by molar-refractivity contribution is 0.901. The lowest BCUT2D eigenvalue weighted by Crippen LogP contribution is -2.35. The fourth-order valence-electron chi connectivity index (χ4n) is 2.59. The van der Waals surface area contributed by atoms with Gasteiger partial charge in [-0.3, -0.25) is 4.99 Å². The quantitative estimate of drug-likeness (QED) is 0.907. The van der Waals surface area contributed by atoms with Gasteiger partial charge in [0.2, 0.25) is 0 Å². The summed E-state index contributed by atoms with van der Waals surface area (Å²) in [5.74, 6) is 1.11. The largest absolute Gasteiger partial charge is 0.370 e. The second-order valence-corrected chi connectivity index (χ2v) is 4.77. The highest BCUT2D eigenvalue weighted by molar-refractivity contribution is 5.96. The first-order valence-corrected chi connectivity index (χ1v) is 6.88. The van der Waals surface area contributed by atoms with Crippen LogP contribution in [0.15, 0.2) is 47.5 Å². The average molecular weight is 253 g/mol. The zero-order chi connectivity index (χ0) is 13.1. The second-order valence-electron chi connectivity index (χ2n) is 4.77. The summed E-state index contributed by atoms with van der Waals surface area (Å²) in [4.78, 5) is 6.87. The van der Waals surface area contributed by atoms with Gasteiger partial charge in [-0.25, -0.2) is 0 Å². The normalized spacial score (nSPS) is 14.3. The summed E-state index contributed by atoms with van der Waals surface area (Å²) >= 11 is 0. The number of aliphatic imine (C=N–C) groups is 1. The van der Waals surface area contributed by atoms with Gasteiger partial charge in [0, 0.05) is 24.2 Å². The molecule has 2 aromatic rings. The summed E-state index contributed by atoms with van der Waals surface area (Å²) in [5, 5.41) is 5.95. The third kappa shape index (κ3) is 2.41. The van der Waals surface area contributed by atoms with Gasteiger partial charge in [-0.2, -0.15) is 0 Å². The van der Waals surface area contributed by atoms with E-state index in [4.69, 9.17) is 0 Å². The van der Waals surface area contributed by atoms with Crippen molar-refractivity contribution in [3.63, 3.8) is 0 Å². The Kier molecular flexibility index (Phi) is 3.36. The molecule has 19 heavy (non-hydrogen) atoms. The summed E-state index contributed by atoms with van der Waals surface area (Å²) in [6, 6.07) is 15.0. The number of amidine groups is 1. The molecule has 0 aliphatic carbocycles. The van der Waals surface area contributed by atoms with E-state index in [2.05, 4.69) is 64.6 Å². The fraction of sp³-hybridized carbons (Fsp3) is 0.312. The zero-order valence-electron chi connectivity index (χ0n) is 11.3. The van der Waals surface area contributed by atoms with E-state index in [-0.39, 0.29) is 0 Å². The number of rotatable bonds is 4. The molecule has 2 aromatic carbocycles. The van der Waals surface area contributed by atoms with Crippen molar-refractivity contribution in [1.82, 2.24) is 5.32 Å². The highest BCUT2D eigenvalue weighted by Gasteiger charge is 2.12. The summed E-state index contributed by atoms with van der Waals surface area (Å²) in [5.41, 5.74) is 1.29. The lowest BCUT2D eigenvalue weighted by atomic mass is 10.1. The number of nitrogens with one attached hydrogen (secondary N) is 1. The molecule has 0 saturated carbocycles. The molecule has 3 rings (SSSR count). The Morgan fingerprint density at radius 1 is 1.16 bits per heavy atom. The van der Waals surface area contributed by atoms with Crippen LogP contribution in [0.25, 0.3) is 10.8 Å².